The highest BCUT2D eigenvalue weighted by molar-refractivity contribution is 8.26. The standard InChI is InChI=1S/C28H22F2N2O6S2/c1-37-22-8-3-15(11-18(22)16-4-6-19(29)20(30)13-16)12-24-26(34)32(28(39)40-24)10-9-25(33)31-21-7-5-17(27(35)36)14-23(21)38-2/h3-8,11-14H,9-10H2,1-2H3,(H,31,33)(H,35,36)/b24-12-. The summed E-state index contributed by atoms with van der Waals surface area (Å²) in [5, 5.41) is 11.8. The minimum absolute atomic E-state index is 0.00742. The van der Waals surface area contributed by atoms with Crippen molar-refractivity contribution in [3.05, 3.63) is 82.3 Å². The van der Waals surface area contributed by atoms with Crippen molar-refractivity contribution in [3.8, 4) is 22.6 Å². The molecule has 4 rings (SSSR count). The lowest BCUT2D eigenvalue weighted by atomic mass is 10.0. The van der Waals surface area contributed by atoms with Crippen molar-refractivity contribution < 1.29 is 37.7 Å². The van der Waals surface area contributed by atoms with E-state index in [9.17, 15) is 23.2 Å². The van der Waals surface area contributed by atoms with Gasteiger partial charge in [-0.3, -0.25) is 14.5 Å². The van der Waals surface area contributed by atoms with Gasteiger partial charge < -0.3 is 19.9 Å². The van der Waals surface area contributed by atoms with Gasteiger partial charge in [0.1, 0.15) is 15.8 Å². The zero-order valence-electron chi connectivity index (χ0n) is 21.2. The molecule has 206 valence electrons. The van der Waals surface area contributed by atoms with Crippen LogP contribution in [0.2, 0.25) is 0 Å². The van der Waals surface area contributed by atoms with E-state index in [-0.39, 0.29) is 34.5 Å². The zero-order valence-corrected chi connectivity index (χ0v) is 22.8. The number of nitrogens with zero attached hydrogens (tertiary/aromatic N) is 1. The van der Waals surface area contributed by atoms with Crippen LogP contribution in [-0.4, -0.2) is 52.9 Å². The Morgan fingerprint density at radius 2 is 1.77 bits per heavy atom. The van der Waals surface area contributed by atoms with Gasteiger partial charge in [-0.25, -0.2) is 13.6 Å². The van der Waals surface area contributed by atoms with Gasteiger partial charge in [-0.1, -0.05) is 36.1 Å². The SMILES string of the molecule is COc1cc(C(=O)O)ccc1NC(=O)CCN1C(=O)/C(=C/c2ccc(OC)c(-c3ccc(F)c(F)c3)c2)SC1=S. The summed E-state index contributed by atoms with van der Waals surface area (Å²) < 4.78 is 38.1. The minimum Gasteiger partial charge on any atom is -0.496 e. The van der Waals surface area contributed by atoms with Crippen LogP contribution in [0.4, 0.5) is 14.5 Å². The van der Waals surface area contributed by atoms with Gasteiger partial charge >= 0.3 is 5.97 Å². The van der Waals surface area contributed by atoms with E-state index in [1.807, 2.05) is 0 Å². The number of ether oxygens (including phenoxy) is 2. The maximum atomic E-state index is 13.8. The van der Waals surface area contributed by atoms with E-state index >= 15 is 0 Å². The normalized spacial score (nSPS) is 14.0. The fraction of sp³-hybridized carbons (Fsp3) is 0.143. The molecule has 1 aliphatic heterocycles. The number of anilines is 1. The summed E-state index contributed by atoms with van der Waals surface area (Å²) in [5.41, 5.74) is 1.82. The maximum absolute atomic E-state index is 13.8. The third kappa shape index (κ3) is 6.29. The smallest absolute Gasteiger partial charge is 0.335 e. The van der Waals surface area contributed by atoms with Crippen LogP contribution in [0.1, 0.15) is 22.3 Å². The fourth-order valence-corrected chi connectivity index (χ4v) is 5.21. The monoisotopic (exact) mass is 584 g/mol. The van der Waals surface area contributed by atoms with Crippen molar-refractivity contribution >= 4 is 57.8 Å². The van der Waals surface area contributed by atoms with E-state index in [4.69, 9.17) is 26.8 Å². The third-order valence-electron chi connectivity index (χ3n) is 5.91. The number of thioether (sulfide) groups is 1. The number of carboxylic acid groups (broad SMARTS) is 1. The van der Waals surface area contributed by atoms with Crippen molar-refractivity contribution in [2.75, 3.05) is 26.1 Å². The Kier molecular flexibility index (Phi) is 8.80. The molecule has 3 aromatic rings. The number of rotatable bonds is 9. The number of carbonyl (C=O) groups is 3. The molecule has 0 atom stereocenters. The number of hydrogen-bond acceptors (Lipinski definition) is 7. The van der Waals surface area contributed by atoms with Gasteiger partial charge in [0.05, 0.1) is 30.4 Å². The Hall–Kier alpha value is -4.29. The summed E-state index contributed by atoms with van der Waals surface area (Å²) in [6, 6.07) is 12.6. The number of halogens is 2. The van der Waals surface area contributed by atoms with Gasteiger partial charge in [-0.15, -0.1) is 0 Å². The van der Waals surface area contributed by atoms with Crippen LogP contribution in [0.25, 0.3) is 17.2 Å². The molecule has 0 aliphatic carbocycles. The number of nitrogens with one attached hydrogen (secondary N) is 1. The van der Waals surface area contributed by atoms with Crippen LogP contribution in [0, 0.1) is 11.6 Å². The third-order valence-corrected chi connectivity index (χ3v) is 7.29. The lowest BCUT2D eigenvalue weighted by molar-refractivity contribution is -0.122. The average molecular weight is 585 g/mol. The average Bonchev–Trinajstić information content (AvgIpc) is 3.20. The molecule has 40 heavy (non-hydrogen) atoms. The highest BCUT2D eigenvalue weighted by Crippen LogP contribution is 2.36. The summed E-state index contributed by atoms with van der Waals surface area (Å²) in [6.45, 7) is 0.0199. The molecule has 2 N–H and O–H groups in total. The molecule has 2 amide bonds. The Balaban J connectivity index is 1.46. The summed E-state index contributed by atoms with van der Waals surface area (Å²) in [5.74, 6) is -3.27. The Bertz CT molecular complexity index is 1560. The second-order valence-electron chi connectivity index (χ2n) is 8.44. The number of amides is 2. The molecule has 1 aliphatic rings. The summed E-state index contributed by atoms with van der Waals surface area (Å²) >= 11 is 6.44. The maximum Gasteiger partial charge on any atom is 0.335 e. The number of aromatic carboxylic acids is 1. The van der Waals surface area contributed by atoms with Gasteiger partial charge in [0, 0.05) is 18.5 Å². The molecular weight excluding hydrogens is 562 g/mol. The lowest BCUT2D eigenvalue weighted by Gasteiger charge is -2.15. The molecule has 3 aromatic carbocycles. The number of methoxy groups -OCH3 is 2. The quantitative estimate of drug-likeness (QED) is 0.248. The second-order valence-corrected chi connectivity index (χ2v) is 10.1. The second kappa shape index (κ2) is 12.3. The van der Waals surface area contributed by atoms with E-state index in [1.54, 1.807) is 24.3 Å². The molecular formula is C28H22F2N2O6S2. The van der Waals surface area contributed by atoms with Crippen LogP contribution in [-0.2, 0) is 9.59 Å². The molecule has 0 aromatic heterocycles. The Morgan fingerprint density at radius 1 is 1.02 bits per heavy atom. The number of carbonyl (C=O) groups excluding carboxylic acids is 2. The van der Waals surface area contributed by atoms with Crippen molar-refractivity contribution in [1.82, 2.24) is 4.90 Å². The van der Waals surface area contributed by atoms with Gasteiger partial charge in [0.15, 0.2) is 11.6 Å². The molecule has 1 saturated heterocycles. The molecule has 0 unspecified atom stereocenters. The molecule has 8 nitrogen and oxygen atoms in total. The molecule has 0 saturated carbocycles. The molecule has 1 heterocycles. The summed E-state index contributed by atoms with van der Waals surface area (Å²) in [7, 11) is 2.81. The van der Waals surface area contributed by atoms with Gasteiger partial charge in [-0.05, 0) is 59.7 Å². The lowest BCUT2D eigenvalue weighted by Crippen LogP contribution is -2.31. The van der Waals surface area contributed by atoms with Gasteiger partial charge in [0.25, 0.3) is 5.91 Å². The molecule has 0 bridgehead atoms. The van der Waals surface area contributed by atoms with Crippen molar-refractivity contribution in [2.24, 2.45) is 0 Å². The zero-order chi connectivity index (χ0) is 29.0. The first-order valence-electron chi connectivity index (χ1n) is 11.7. The summed E-state index contributed by atoms with van der Waals surface area (Å²) in [4.78, 5) is 38.5. The van der Waals surface area contributed by atoms with Crippen LogP contribution >= 0.6 is 24.0 Å². The Morgan fingerprint density at radius 3 is 2.45 bits per heavy atom. The molecule has 0 radical (unpaired) electrons. The fourth-order valence-electron chi connectivity index (χ4n) is 3.90. The number of benzene rings is 3. The van der Waals surface area contributed by atoms with Crippen LogP contribution in [0.3, 0.4) is 0 Å². The van der Waals surface area contributed by atoms with Gasteiger partial charge in [-0.2, -0.15) is 0 Å². The first-order chi connectivity index (χ1) is 19.1. The van der Waals surface area contributed by atoms with Crippen molar-refractivity contribution in [3.63, 3.8) is 0 Å². The first-order valence-corrected chi connectivity index (χ1v) is 12.9. The predicted octanol–water partition coefficient (Wildman–Crippen LogP) is 5.58. The minimum atomic E-state index is -1.13. The largest absolute Gasteiger partial charge is 0.496 e. The van der Waals surface area contributed by atoms with E-state index in [0.717, 1.165) is 23.9 Å². The van der Waals surface area contributed by atoms with E-state index in [2.05, 4.69) is 5.32 Å². The highest BCUT2D eigenvalue weighted by atomic mass is 32.2. The molecule has 1 fully saturated rings. The van der Waals surface area contributed by atoms with Crippen molar-refractivity contribution in [2.45, 2.75) is 6.42 Å². The van der Waals surface area contributed by atoms with E-state index < -0.39 is 23.5 Å². The van der Waals surface area contributed by atoms with E-state index in [0.29, 0.717) is 33.0 Å². The first kappa shape index (κ1) is 28.7. The van der Waals surface area contributed by atoms with Gasteiger partial charge in [0.2, 0.25) is 5.91 Å². The number of thiocarbonyl (C=S) groups is 1. The number of hydrogen-bond donors (Lipinski definition) is 2. The number of carboxylic acids is 1. The predicted molar refractivity (Wildman–Crippen MR) is 151 cm³/mol. The van der Waals surface area contributed by atoms with Crippen molar-refractivity contribution in [1.29, 1.82) is 0 Å². The summed E-state index contributed by atoms with van der Waals surface area (Å²) in [6.07, 6.45) is 1.55. The molecule has 0 spiro atoms. The topological polar surface area (TPSA) is 105 Å². The van der Waals surface area contributed by atoms with Crippen LogP contribution < -0.4 is 14.8 Å². The highest BCUT2D eigenvalue weighted by Gasteiger charge is 2.32. The Labute approximate surface area is 237 Å². The molecule has 12 heteroatoms. The van der Waals surface area contributed by atoms with E-state index in [1.165, 1.54) is 43.4 Å². The van der Waals surface area contributed by atoms with Crippen LogP contribution in [0.15, 0.2) is 59.5 Å². The van der Waals surface area contributed by atoms with Crippen LogP contribution in [0.5, 0.6) is 11.5 Å².